The molecule has 176 valence electrons. The minimum Gasteiger partial charge on any atom is -0.477 e. The second kappa shape index (κ2) is 11.3. The van der Waals surface area contributed by atoms with E-state index in [0.29, 0.717) is 30.6 Å². The third-order valence-corrected chi connectivity index (χ3v) is 5.37. The van der Waals surface area contributed by atoms with Crippen LogP contribution in [0.1, 0.15) is 41.5 Å². The topological polar surface area (TPSA) is 121 Å². The van der Waals surface area contributed by atoms with Crippen molar-refractivity contribution in [2.45, 2.75) is 33.2 Å². The van der Waals surface area contributed by atoms with Gasteiger partial charge >= 0.3 is 5.97 Å². The summed E-state index contributed by atoms with van der Waals surface area (Å²) >= 11 is 0. The second-order valence-corrected chi connectivity index (χ2v) is 7.73. The molecule has 0 saturated carbocycles. The number of H-pyrrole nitrogens is 1. The number of aromatic carboxylic acids is 1. The molecule has 0 aliphatic carbocycles. The van der Waals surface area contributed by atoms with Gasteiger partial charge in [0.1, 0.15) is 17.2 Å². The molecule has 4 rings (SSSR count). The van der Waals surface area contributed by atoms with Gasteiger partial charge in [-0.1, -0.05) is 61.9 Å². The van der Waals surface area contributed by atoms with Crippen molar-refractivity contribution in [1.29, 1.82) is 0 Å². The number of aryl methyl sites for hydroxylation is 1. The first-order valence-corrected chi connectivity index (χ1v) is 10.8. The van der Waals surface area contributed by atoms with Crippen molar-refractivity contribution in [3.63, 3.8) is 0 Å². The van der Waals surface area contributed by atoms with E-state index < -0.39 is 5.97 Å². The van der Waals surface area contributed by atoms with Crippen LogP contribution in [0.15, 0.2) is 54.7 Å². The Morgan fingerprint density at radius 2 is 1.82 bits per heavy atom. The maximum atomic E-state index is 11.8. The van der Waals surface area contributed by atoms with Crippen molar-refractivity contribution in [3.05, 3.63) is 71.7 Å². The summed E-state index contributed by atoms with van der Waals surface area (Å²) in [5.74, 6) is 0.585. The van der Waals surface area contributed by atoms with Crippen LogP contribution in [0.4, 0.5) is 5.82 Å². The van der Waals surface area contributed by atoms with Crippen LogP contribution in [-0.2, 0) is 6.54 Å². The van der Waals surface area contributed by atoms with E-state index in [-0.39, 0.29) is 18.0 Å². The molecule has 2 aromatic carbocycles. The highest BCUT2D eigenvalue weighted by molar-refractivity contribution is 5.93. The van der Waals surface area contributed by atoms with Crippen molar-refractivity contribution in [3.8, 4) is 22.5 Å². The Balaban J connectivity index is 0.00000324. The molecule has 0 amide bonds. The molecule has 0 unspecified atom stereocenters. The molecule has 4 aromatic rings. The van der Waals surface area contributed by atoms with Crippen LogP contribution in [-0.4, -0.2) is 48.2 Å². The van der Waals surface area contributed by atoms with Gasteiger partial charge in [0.05, 0.1) is 0 Å². The molecule has 0 radical (unpaired) electrons. The lowest BCUT2D eigenvalue weighted by Crippen LogP contribution is -2.27. The number of hydrogen-bond donors (Lipinski definition) is 2. The van der Waals surface area contributed by atoms with E-state index >= 15 is 0 Å². The lowest BCUT2D eigenvalue weighted by Gasteiger charge is -2.25. The Hall–Kier alpha value is -3.85. The smallest absolute Gasteiger partial charge is 0.341 e. The van der Waals surface area contributed by atoms with Crippen LogP contribution in [0, 0.1) is 6.92 Å². The highest BCUT2D eigenvalue weighted by Crippen LogP contribution is 2.30. The lowest BCUT2D eigenvalue weighted by molar-refractivity contribution is 0.0696. The number of carboxylic acids is 1. The first-order valence-electron chi connectivity index (χ1n) is 10.8. The highest BCUT2D eigenvalue weighted by atomic mass is 35.5. The van der Waals surface area contributed by atoms with Gasteiger partial charge in [-0.05, 0) is 40.5 Å². The fourth-order valence-corrected chi connectivity index (χ4v) is 3.68. The first-order chi connectivity index (χ1) is 16.1. The second-order valence-electron chi connectivity index (χ2n) is 7.73. The first kappa shape index (κ1) is 24.8. The average molecular weight is 480 g/mol. The third-order valence-electron chi connectivity index (χ3n) is 5.37. The zero-order chi connectivity index (χ0) is 23.2. The molecule has 0 aliphatic heterocycles. The van der Waals surface area contributed by atoms with E-state index in [4.69, 9.17) is 0 Å². The maximum absolute atomic E-state index is 11.8. The molecular weight excluding hydrogens is 454 g/mol. The van der Waals surface area contributed by atoms with Gasteiger partial charge in [-0.15, -0.1) is 17.5 Å². The van der Waals surface area contributed by atoms with E-state index in [9.17, 15) is 9.90 Å². The monoisotopic (exact) mass is 479 g/mol. The number of aromatic nitrogens is 6. The van der Waals surface area contributed by atoms with E-state index in [1.165, 1.54) is 6.20 Å². The molecule has 0 atom stereocenters. The zero-order valence-electron chi connectivity index (χ0n) is 19.0. The molecule has 10 heteroatoms. The van der Waals surface area contributed by atoms with Crippen LogP contribution in [0.5, 0.6) is 0 Å². The van der Waals surface area contributed by atoms with Crippen LogP contribution in [0.25, 0.3) is 22.5 Å². The van der Waals surface area contributed by atoms with Gasteiger partial charge in [0.15, 0.2) is 5.82 Å². The van der Waals surface area contributed by atoms with Crippen molar-refractivity contribution in [1.82, 2.24) is 30.6 Å². The fourth-order valence-electron chi connectivity index (χ4n) is 3.68. The summed E-state index contributed by atoms with van der Waals surface area (Å²) in [5.41, 5.74) is 4.14. The van der Waals surface area contributed by atoms with Crippen molar-refractivity contribution >= 4 is 24.2 Å². The molecule has 0 saturated heterocycles. The largest absolute Gasteiger partial charge is 0.477 e. The summed E-state index contributed by atoms with van der Waals surface area (Å²) in [4.78, 5) is 22.3. The molecular formula is C24H26ClN7O2. The number of halogens is 1. The predicted octanol–water partition coefficient (Wildman–Crippen LogP) is 4.56. The van der Waals surface area contributed by atoms with Crippen LogP contribution in [0.3, 0.4) is 0 Å². The number of hydrogen-bond acceptors (Lipinski definition) is 7. The van der Waals surface area contributed by atoms with Gasteiger partial charge in [0, 0.05) is 24.8 Å². The van der Waals surface area contributed by atoms with Crippen molar-refractivity contribution < 1.29 is 9.90 Å². The van der Waals surface area contributed by atoms with Gasteiger partial charge in [-0.3, -0.25) is 0 Å². The van der Waals surface area contributed by atoms with Crippen molar-refractivity contribution in [2.75, 3.05) is 11.4 Å². The van der Waals surface area contributed by atoms with E-state index in [0.717, 1.165) is 35.1 Å². The summed E-state index contributed by atoms with van der Waals surface area (Å²) in [5, 5.41) is 23.9. The molecule has 0 aliphatic rings. The summed E-state index contributed by atoms with van der Waals surface area (Å²) in [6.45, 7) is 5.13. The average Bonchev–Trinajstić information content (AvgIpc) is 3.37. The number of carbonyl (C=O) groups is 1. The number of aromatic amines is 1. The number of anilines is 1. The lowest BCUT2D eigenvalue weighted by atomic mass is 9.98. The van der Waals surface area contributed by atoms with Gasteiger partial charge in [0.2, 0.25) is 0 Å². The Morgan fingerprint density at radius 1 is 1.09 bits per heavy atom. The summed E-state index contributed by atoms with van der Waals surface area (Å²) < 4.78 is 0. The Kier molecular flexibility index (Phi) is 8.26. The number of carboxylic acid groups (broad SMARTS) is 1. The quantitative estimate of drug-likeness (QED) is 0.358. The number of unbranched alkanes of at least 4 members (excludes halogenated alkanes) is 1. The minimum absolute atomic E-state index is 0. The van der Waals surface area contributed by atoms with Gasteiger partial charge in [0.25, 0.3) is 0 Å². The van der Waals surface area contributed by atoms with E-state index in [2.05, 4.69) is 61.8 Å². The molecule has 0 fully saturated rings. The Labute approximate surface area is 203 Å². The molecule has 2 aromatic heterocycles. The van der Waals surface area contributed by atoms with Gasteiger partial charge in [-0.2, -0.15) is 0 Å². The third kappa shape index (κ3) is 5.55. The molecule has 34 heavy (non-hydrogen) atoms. The normalized spacial score (nSPS) is 10.5. The molecule has 2 heterocycles. The number of nitrogens with one attached hydrogen (secondary N) is 1. The summed E-state index contributed by atoms with van der Waals surface area (Å²) in [6, 6.07) is 16.2. The number of nitrogens with zero attached hydrogens (tertiary/aromatic N) is 6. The summed E-state index contributed by atoms with van der Waals surface area (Å²) in [6.07, 6.45) is 3.31. The number of rotatable bonds is 9. The number of tetrazole rings is 1. The predicted molar refractivity (Wildman–Crippen MR) is 132 cm³/mol. The van der Waals surface area contributed by atoms with Gasteiger partial charge in [-0.25, -0.2) is 19.9 Å². The molecule has 2 N–H and O–H groups in total. The van der Waals surface area contributed by atoms with Crippen LogP contribution >= 0.6 is 12.4 Å². The Morgan fingerprint density at radius 3 is 2.47 bits per heavy atom. The molecule has 0 spiro atoms. The van der Waals surface area contributed by atoms with Gasteiger partial charge < -0.3 is 10.0 Å². The Bertz CT molecular complexity index is 1230. The highest BCUT2D eigenvalue weighted by Gasteiger charge is 2.19. The SMILES string of the molecule is CCCCN(Cc1ccc(-c2ccccc2-c2nnn[nH]2)cc1)c1nc(C)ncc1C(=O)O.Cl. The number of benzene rings is 2. The minimum atomic E-state index is -1.03. The van der Waals surface area contributed by atoms with Crippen LogP contribution in [0.2, 0.25) is 0 Å². The van der Waals surface area contributed by atoms with E-state index in [1.807, 2.05) is 29.2 Å². The fraction of sp³-hybridized carbons (Fsp3) is 0.250. The standard InChI is InChI=1S/C24H25N7O2.ClH/c1-3-4-13-31(23-21(24(32)33)14-25-16(2)26-23)15-17-9-11-18(12-10-17)19-7-5-6-8-20(19)22-27-29-30-28-22;/h5-12,14H,3-4,13,15H2,1-2H3,(H,32,33)(H,27,28,29,30);1H. The summed E-state index contributed by atoms with van der Waals surface area (Å²) in [7, 11) is 0. The molecule has 9 nitrogen and oxygen atoms in total. The molecule has 0 bridgehead atoms. The maximum Gasteiger partial charge on any atom is 0.341 e. The van der Waals surface area contributed by atoms with E-state index in [1.54, 1.807) is 6.92 Å². The van der Waals surface area contributed by atoms with Crippen LogP contribution < -0.4 is 4.90 Å². The van der Waals surface area contributed by atoms with Crippen molar-refractivity contribution in [2.24, 2.45) is 0 Å². The zero-order valence-corrected chi connectivity index (χ0v) is 19.8.